The summed E-state index contributed by atoms with van der Waals surface area (Å²) in [5.41, 5.74) is 3.34. The van der Waals surface area contributed by atoms with E-state index in [0.29, 0.717) is 11.6 Å². The Morgan fingerprint density at radius 2 is 2.00 bits per heavy atom. The van der Waals surface area contributed by atoms with Crippen molar-refractivity contribution >= 4 is 34.7 Å². The van der Waals surface area contributed by atoms with Gasteiger partial charge in [-0.3, -0.25) is 0 Å². The third kappa shape index (κ3) is 3.79. The quantitative estimate of drug-likeness (QED) is 0.708. The van der Waals surface area contributed by atoms with Crippen molar-refractivity contribution in [2.75, 3.05) is 5.75 Å². The second kappa shape index (κ2) is 7.70. The zero-order chi connectivity index (χ0) is 18.9. The van der Waals surface area contributed by atoms with Crippen molar-refractivity contribution < 1.29 is 9.90 Å². The Balaban J connectivity index is 1.63. The Labute approximate surface area is 165 Å². The highest BCUT2D eigenvalue weighted by molar-refractivity contribution is 8.14. The predicted molar refractivity (Wildman–Crippen MR) is 113 cm³/mol. The van der Waals surface area contributed by atoms with Crippen LogP contribution in [0.2, 0.25) is 0 Å². The molecule has 5 heteroatoms. The second-order valence-electron chi connectivity index (χ2n) is 8.14. The van der Waals surface area contributed by atoms with Gasteiger partial charge >= 0.3 is 5.97 Å². The number of benzene rings is 1. The van der Waals surface area contributed by atoms with Crippen LogP contribution in [0.3, 0.4) is 0 Å². The molecule has 1 spiro atoms. The van der Waals surface area contributed by atoms with Crippen LogP contribution >= 0.6 is 11.8 Å². The Bertz CT molecular complexity index is 775. The van der Waals surface area contributed by atoms with Crippen molar-refractivity contribution in [2.45, 2.75) is 69.9 Å². The van der Waals surface area contributed by atoms with Gasteiger partial charge in [-0.1, -0.05) is 43.5 Å². The van der Waals surface area contributed by atoms with Gasteiger partial charge in [-0.05, 0) is 61.9 Å². The average molecular weight is 385 g/mol. The van der Waals surface area contributed by atoms with E-state index in [1.807, 2.05) is 30.0 Å². The molecular weight excluding hydrogens is 356 g/mol. The number of carboxylic acid groups (broad SMARTS) is 1. The second-order valence-corrected chi connectivity index (χ2v) is 9.08. The summed E-state index contributed by atoms with van der Waals surface area (Å²) in [4.78, 5) is 18.5. The lowest BCUT2D eigenvalue weighted by atomic mass is 9.95. The van der Waals surface area contributed by atoms with E-state index < -0.39 is 5.97 Å². The zero-order valence-electron chi connectivity index (χ0n) is 16.0. The molecule has 1 aromatic rings. The summed E-state index contributed by atoms with van der Waals surface area (Å²) < 4.78 is 0. The van der Waals surface area contributed by atoms with E-state index in [1.54, 1.807) is 6.08 Å². The largest absolute Gasteiger partial charge is 0.478 e. The van der Waals surface area contributed by atoms with Gasteiger partial charge in [0.25, 0.3) is 0 Å². The van der Waals surface area contributed by atoms with Crippen LogP contribution < -0.4 is 0 Å². The summed E-state index contributed by atoms with van der Waals surface area (Å²) >= 11 is 1.94. The Morgan fingerprint density at radius 3 is 2.67 bits per heavy atom. The molecule has 1 heterocycles. The van der Waals surface area contributed by atoms with Crippen LogP contribution in [0.25, 0.3) is 6.08 Å². The maximum absolute atomic E-state index is 10.7. The van der Waals surface area contributed by atoms with Crippen molar-refractivity contribution in [1.82, 2.24) is 4.90 Å². The lowest BCUT2D eigenvalue weighted by Crippen LogP contribution is -2.50. The van der Waals surface area contributed by atoms with E-state index in [2.05, 4.69) is 11.8 Å². The lowest BCUT2D eigenvalue weighted by molar-refractivity contribution is -0.131. The van der Waals surface area contributed by atoms with Crippen molar-refractivity contribution in [2.24, 2.45) is 4.99 Å². The number of nitrogens with zero attached hydrogens (tertiary/aromatic N) is 2. The zero-order valence-corrected chi connectivity index (χ0v) is 16.8. The fraction of sp³-hybridized carbons (Fsp3) is 0.545. The van der Waals surface area contributed by atoms with E-state index >= 15 is 0 Å². The molecule has 2 aliphatic carbocycles. The van der Waals surface area contributed by atoms with Gasteiger partial charge in [0, 0.05) is 17.9 Å². The molecule has 3 fully saturated rings. The van der Waals surface area contributed by atoms with Gasteiger partial charge in [-0.15, -0.1) is 0 Å². The van der Waals surface area contributed by atoms with Gasteiger partial charge in [0.05, 0.1) is 11.2 Å². The molecule has 4 nitrogen and oxygen atoms in total. The number of rotatable bonds is 4. The maximum Gasteiger partial charge on any atom is 0.328 e. The summed E-state index contributed by atoms with van der Waals surface area (Å²) in [7, 11) is 0. The number of thioether (sulfide) groups is 1. The molecule has 1 aromatic carbocycles. The summed E-state index contributed by atoms with van der Waals surface area (Å²) in [6.45, 7) is 2.06. The molecule has 4 rings (SSSR count). The van der Waals surface area contributed by atoms with Gasteiger partial charge in [0.1, 0.15) is 0 Å². The van der Waals surface area contributed by atoms with Gasteiger partial charge in [-0.2, -0.15) is 0 Å². The predicted octanol–water partition coefficient (Wildman–Crippen LogP) is 5.38. The highest BCUT2D eigenvalue weighted by atomic mass is 32.2. The molecule has 1 saturated heterocycles. The molecule has 144 valence electrons. The molecule has 0 radical (unpaired) electrons. The van der Waals surface area contributed by atoms with E-state index in [0.717, 1.165) is 16.8 Å². The van der Waals surface area contributed by atoms with Crippen LogP contribution in [0.15, 0.2) is 29.3 Å². The highest BCUT2D eigenvalue weighted by Gasteiger charge is 2.49. The molecule has 1 aliphatic heterocycles. The lowest BCUT2D eigenvalue weighted by Gasteiger charge is -2.40. The molecule has 27 heavy (non-hydrogen) atoms. The van der Waals surface area contributed by atoms with Crippen molar-refractivity contribution in [1.29, 1.82) is 0 Å². The molecule has 0 bridgehead atoms. The normalized spacial score (nSPS) is 24.0. The molecule has 0 amide bonds. The first-order valence-corrected chi connectivity index (χ1v) is 11.1. The highest BCUT2D eigenvalue weighted by Crippen LogP contribution is 2.48. The summed E-state index contributed by atoms with van der Waals surface area (Å²) in [6, 6.07) is 6.66. The van der Waals surface area contributed by atoms with Crippen LogP contribution in [0.5, 0.6) is 0 Å². The smallest absolute Gasteiger partial charge is 0.328 e. The van der Waals surface area contributed by atoms with Gasteiger partial charge in [0.2, 0.25) is 0 Å². The third-order valence-electron chi connectivity index (χ3n) is 6.27. The number of carbonyl (C=O) groups is 1. The van der Waals surface area contributed by atoms with Crippen LogP contribution in [0.1, 0.15) is 62.5 Å². The standard InChI is InChI=1S/C22H28N2O2S/c1-16-14-17(9-11-20(25)26)8-10-19(16)23-21-24(18-6-2-3-7-18)22(15-27-21)12-4-5-13-22/h8-11,14,18H,2-7,12-13,15H2,1H3,(H,25,26)/b11-9+,23-21?. The number of aliphatic carboxylic acids is 1. The first-order valence-electron chi connectivity index (χ1n) is 10.1. The minimum Gasteiger partial charge on any atom is -0.478 e. The average Bonchev–Trinajstić information content (AvgIpc) is 3.38. The number of carboxylic acids is 1. The topological polar surface area (TPSA) is 52.9 Å². The molecule has 3 aliphatic rings. The SMILES string of the molecule is Cc1cc(/C=C/C(=O)O)ccc1N=C1SCC2(CCCC2)N1C1CCCC1. The summed E-state index contributed by atoms with van der Waals surface area (Å²) in [5.74, 6) is 0.259. The molecular formula is C22H28N2O2S. The number of aliphatic imine (C=N–C) groups is 1. The summed E-state index contributed by atoms with van der Waals surface area (Å²) in [5, 5.41) is 10.0. The third-order valence-corrected chi connectivity index (χ3v) is 7.49. The first kappa shape index (κ1) is 18.6. The van der Waals surface area contributed by atoms with Crippen LogP contribution in [0, 0.1) is 6.92 Å². The summed E-state index contributed by atoms with van der Waals surface area (Å²) in [6.07, 6.45) is 13.4. The van der Waals surface area contributed by atoms with Crippen molar-refractivity contribution in [3.05, 3.63) is 35.4 Å². The van der Waals surface area contributed by atoms with Crippen molar-refractivity contribution in [3.8, 4) is 0 Å². The van der Waals surface area contributed by atoms with Crippen LogP contribution in [-0.2, 0) is 4.79 Å². The number of amidine groups is 1. The Hall–Kier alpha value is -1.75. The van der Waals surface area contributed by atoms with Gasteiger partial charge in [-0.25, -0.2) is 9.79 Å². The minimum atomic E-state index is -0.923. The monoisotopic (exact) mass is 384 g/mol. The van der Waals surface area contributed by atoms with E-state index in [9.17, 15) is 4.79 Å². The number of aryl methyl sites for hydroxylation is 1. The van der Waals surface area contributed by atoms with Gasteiger partial charge < -0.3 is 10.0 Å². The maximum atomic E-state index is 10.7. The van der Waals surface area contributed by atoms with E-state index in [-0.39, 0.29) is 0 Å². The fourth-order valence-corrected chi connectivity index (χ4v) is 6.40. The molecule has 0 atom stereocenters. The van der Waals surface area contributed by atoms with Crippen molar-refractivity contribution in [3.63, 3.8) is 0 Å². The van der Waals surface area contributed by atoms with E-state index in [4.69, 9.17) is 10.1 Å². The first-order chi connectivity index (χ1) is 13.1. The molecule has 2 saturated carbocycles. The van der Waals surface area contributed by atoms with Crippen LogP contribution in [0.4, 0.5) is 5.69 Å². The number of hydrogen-bond donors (Lipinski definition) is 1. The Kier molecular flexibility index (Phi) is 5.31. The van der Waals surface area contributed by atoms with E-state index in [1.165, 1.54) is 68.4 Å². The Morgan fingerprint density at radius 1 is 1.26 bits per heavy atom. The molecule has 0 unspecified atom stereocenters. The molecule has 0 aromatic heterocycles. The fourth-order valence-electron chi connectivity index (χ4n) is 4.93. The van der Waals surface area contributed by atoms with Crippen LogP contribution in [-0.4, -0.2) is 38.5 Å². The number of hydrogen-bond acceptors (Lipinski definition) is 3. The molecule has 1 N–H and O–H groups in total. The van der Waals surface area contributed by atoms with Gasteiger partial charge in [0.15, 0.2) is 5.17 Å². The minimum absolute atomic E-state index is 0.344.